The van der Waals surface area contributed by atoms with Crippen LogP contribution in [-0.2, 0) is 4.79 Å². The fourth-order valence-electron chi connectivity index (χ4n) is 3.44. The summed E-state index contributed by atoms with van der Waals surface area (Å²) in [5.41, 5.74) is 3.48. The molecule has 1 aliphatic rings. The highest BCUT2D eigenvalue weighted by Gasteiger charge is 2.42. The van der Waals surface area contributed by atoms with Crippen molar-refractivity contribution in [1.82, 2.24) is 4.90 Å². The number of carbonyl (C=O) groups excluding carboxylic acids is 3. The van der Waals surface area contributed by atoms with E-state index < -0.39 is 17.9 Å². The van der Waals surface area contributed by atoms with E-state index in [1.165, 1.54) is 0 Å². The normalized spacial score (nSPS) is 14.3. The molecule has 1 atom stereocenters. The van der Waals surface area contributed by atoms with Crippen molar-refractivity contribution in [2.24, 2.45) is 0 Å². The zero-order chi connectivity index (χ0) is 19.6. The molecule has 27 heavy (non-hydrogen) atoms. The van der Waals surface area contributed by atoms with E-state index in [4.69, 9.17) is 0 Å². The van der Waals surface area contributed by atoms with Crippen LogP contribution in [-0.4, -0.2) is 28.7 Å². The van der Waals surface area contributed by atoms with Crippen LogP contribution >= 0.6 is 0 Å². The molecular formula is C22H24N2O3. The molecule has 5 heteroatoms. The molecule has 0 unspecified atom stereocenters. The number of imide groups is 1. The molecule has 0 bridgehead atoms. The third-order valence-corrected chi connectivity index (χ3v) is 4.91. The van der Waals surface area contributed by atoms with Crippen LogP contribution in [0.4, 0.5) is 5.69 Å². The number of anilines is 1. The maximum Gasteiger partial charge on any atom is 0.262 e. The molecule has 1 aliphatic heterocycles. The summed E-state index contributed by atoms with van der Waals surface area (Å²) in [4.78, 5) is 39.8. The minimum atomic E-state index is -0.821. The number of nitrogens with one attached hydrogen (secondary N) is 1. The van der Waals surface area contributed by atoms with Crippen LogP contribution in [0.25, 0.3) is 0 Å². The van der Waals surface area contributed by atoms with Crippen molar-refractivity contribution >= 4 is 23.4 Å². The Balaban J connectivity index is 1.89. The van der Waals surface area contributed by atoms with Gasteiger partial charge in [-0.25, -0.2) is 0 Å². The number of rotatable bonds is 6. The molecule has 3 amide bonds. The number of amides is 3. The van der Waals surface area contributed by atoms with E-state index in [0.29, 0.717) is 23.2 Å². The zero-order valence-corrected chi connectivity index (χ0v) is 15.9. The number of benzene rings is 2. The van der Waals surface area contributed by atoms with Gasteiger partial charge in [0.1, 0.15) is 6.04 Å². The monoisotopic (exact) mass is 364 g/mol. The molecule has 5 nitrogen and oxygen atoms in total. The molecule has 0 saturated carbocycles. The smallest absolute Gasteiger partial charge is 0.262 e. The van der Waals surface area contributed by atoms with Crippen LogP contribution in [0, 0.1) is 13.8 Å². The molecule has 2 aromatic rings. The van der Waals surface area contributed by atoms with Crippen molar-refractivity contribution in [3.8, 4) is 0 Å². The van der Waals surface area contributed by atoms with Crippen LogP contribution in [0.3, 0.4) is 0 Å². The van der Waals surface area contributed by atoms with Gasteiger partial charge < -0.3 is 5.32 Å². The van der Waals surface area contributed by atoms with Gasteiger partial charge in [0.2, 0.25) is 5.91 Å². The molecule has 2 aromatic carbocycles. The number of hydrogen-bond donors (Lipinski definition) is 1. The maximum absolute atomic E-state index is 13.0. The maximum atomic E-state index is 13.0. The van der Waals surface area contributed by atoms with Crippen LogP contribution in [0.5, 0.6) is 0 Å². The molecule has 1 N–H and O–H groups in total. The van der Waals surface area contributed by atoms with Crippen molar-refractivity contribution in [2.45, 2.75) is 46.1 Å². The lowest BCUT2D eigenvalue weighted by Crippen LogP contribution is -2.47. The number of fused-ring (bicyclic) bond motifs is 1. The number of hydrogen-bond acceptors (Lipinski definition) is 3. The van der Waals surface area contributed by atoms with Gasteiger partial charge in [0.25, 0.3) is 11.8 Å². The molecule has 0 radical (unpaired) electrons. The first-order valence-corrected chi connectivity index (χ1v) is 9.29. The summed E-state index contributed by atoms with van der Waals surface area (Å²) in [5.74, 6) is -1.12. The van der Waals surface area contributed by atoms with Crippen molar-refractivity contribution < 1.29 is 14.4 Å². The molecule has 3 rings (SSSR count). The van der Waals surface area contributed by atoms with Crippen molar-refractivity contribution in [3.63, 3.8) is 0 Å². The second kappa shape index (κ2) is 7.74. The molecule has 0 saturated heterocycles. The minimum Gasteiger partial charge on any atom is -0.324 e. The number of carbonyl (C=O) groups is 3. The second-order valence-corrected chi connectivity index (χ2v) is 6.99. The van der Waals surface area contributed by atoms with Gasteiger partial charge in [0.05, 0.1) is 11.1 Å². The predicted octanol–water partition coefficient (Wildman–Crippen LogP) is 4.10. The van der Waals surface area contributed by atoms with Gasteiger partial charge in [-0.1, -0.05) is 49.6 Å². The minimum absolute atomic E-state index is 0.329. The van der Waals surface area contributed by atoms with E-state index in [0.717, 1.165) is 28.9 Å². The number of unbranched alkanes of at least 4 members (excludes halogenated alkanes) is 1. The highest BCUT2D eigenvalue weighted by Crippen LogP contribution is 2.27. The van der Waals surface area contributed by atoms with Gasteiger partial charge in [-0.2, -0.15) is 0 Å². The van der Waals surface area contributed by atoms with Crippen LogP contribution in [0.2, 0.25) is 0 Å². The lowest BCUT2D eigenvalue weighted by Gasteiger charge is -2.25. The standard InChI is InChI=1S/C22H24N2O3/c1-4-5-10-19(20(25)23-18-12-11-14(2)13-15(18)3)24-21(26)16-8-6-7-9-17(16)22(24)27/h6-9,11-13,19H,4-5,10H2,1-3H3,(H,23,25)/t19-/m0/s1. The number of nitrogens with zero attached hydrogens (tertiary/aromatic N) is 1. The van der Waals surface area contributed by atoms with Crippen molar-refractivity contribution in [3.05, 3.63) is 64.7 Å². The Morgan fingerprint density at radius 3 is 2.22 bits per heavy atom. The quantitative estimate of drug-likeness (QED) is 0.785. The second-order valence-electron chi connectivity index (χ2n) is 6.99. The first-order chi connectivity index (χ1) is 12.9. The molecule has 0 aromatic heterocycles. The van der Waals surface area contributed by atoms with Gasteiger partial charge in [-0.15, -0.1) is 0 Å². The molecule has 0 aliphatic carbocycles. The van der Waals surface area contributed by atoms with Crippen molar-refractivity contribution in [2.75, 3.05) is 5.32 Å². The Morgan fingerprint density at radius 1 is 1.04 bits per heavy atom. The summed E-state index contributed by atoms with van der Waals surface area (Å²) >= 11 is 0. The Bertz CT molecular complexity index is 869. The summed E-state index contributed by atoms with van der Waals surface area (Å²) in [5, 5.41) is 2.91. The number of aryl methyl sites for hydroxylation is 2. The Morgan fingerprint density at radius 2 is 1.67 bits per heavy atom. The molecule has 1 heterocycles. The van der Waals surface area contributed by atoms with Crippen LogP contribution in [0.1, 0.15) is 58.0 Å². The van der Waals surface area contributed by atoms with E-state index in [-0.39, 0.29) is 5.91 Å². The average Bonchev–Trinajstić information content (AvgIpc) is 2.90. The van der Waals surface area contributed by atoms with E-state index in [9.17, 15) is 14.4 Å². The van der Waals surface area contributed by atoms with Crippen molar-refractivity contribution in [1.29, 1.82) is 0 Å². The van der Waals surface area contributed by atoms with E-state index in [2.05, 4.69) is 5.32 Å². The average molecular weight is 364 g/mol. The first kappa shape index (κ1) is 18.8. The molecule has 140 valence electrons. The Labute approximate surface area is 159 Å². The van der Waals surface area contributed by atoms with Gasteiger partial charge >= 0.3 is 0 Å². The van der Waals surface area contributed by atoms with E-state index in [1.807, 2.05) is 39.0 Å². The highest BCUT2D eigenvalue weighted by molar-refractivity contribution is 6.23. The molecule has 0 fully saturated rings. The van der Waals surface area contributed by atoms with E-state index in [1.54, 1.807) is 24.3 Å². The largest absolute Gasteiger partial charge is 0.324 e. The highest BCUT2D eigenvalue weighted by atomic mass is 16.2. The lowest BCUT2D eigenvalue weighted by atomic mass is 10.1. The Hall–Kier alpha value is -2.95. The van der Waals surface area contributed by atoms with E-state index >= 15 is 0 Å². The topological polar surface area (TPSA) is 66.5 Å². The fraction of sp³-hybridized carbons (Fsp3) is 0.318. The molecular weight excluding hydrogens is 340 g/mol. The summed E-state index contributed by atoms with van der Waals surface area (Å²) in [6.45, 7) is 5.93. The van der Waals surface area contributed by atoms with Crippen LogP contribution < -0.4 is 5.32 Å². The Kier molecular flexibility index (Phi) is 5.40. The van der Waals surface area contributed by atoms with Gasteiger partial charge in [0.15, 0.2) is 0 Å². The van der Waals surface area contributed by atoms with Gasteiger partial charge in [-0.05, 0) is 44.0 Å². The summed E-state index contributed by atoms with van der Waals surface area (Å²) in [7, 11) is 0. The van der Waals surface area contributed by atoms with Gasteiger partial charge in [0, 0.05) is 5.69 Å². The fourth-order valence-corrected chi connectivity index (χ4v) is 3.44. The van der Waals surface area contributed by atoms with Crippen LogP contribution in [0.15, 0.2) is 42.5 Å². The summed E-state index contributed by atoms with van der Waals surface area (Å²) in [6.07, 6.45) is 2.06. The molecule has 0 spiro atoms. The van der Waals surface area contributed by atoms with Gasteiger partial charge in [-0.3, -0.25) is 19.3 Å². The third-order valence-electron chi connectivity index (χ3n) is 4.91. The SMILES string of the molecule is CCCC[C@@H](C(=O)Nc1ccc(C)cc1C)N1C(=O)c2ccccc2C1=O. The predicted molar refractivity (Wildman–Crippen MR) is 105 cm³/mol. The summed E-state index contributed by atoms with van der Waals surface area (Å²) < 4.78 is 0. The zero-order valence-electron chi connectivity index (χ0n) is 15.9. The summed E-state index contributed by atoms with van der Waals surface area (Å²) in [6, 6.07) is 11.7. The lowest BCUT2D eigenvalue weighted by molar-refractivity contribution is -0.120. The third kappa shape index (κ3) is 3.63. The first-order valence-electron chi connectivity index (χ1n) is 9.29.